The van der Waals surface area contributed by atoms with E-state index in [1.807, 2.05) is 19.1 Å². The summed E-state index contributed by atoms with van der Waals surface area (Å²) in [4.78, 5) is 10.3. The predicted molar refractivity (Wildman–Crippen MR) is 119 cm³/mol. The fourth-order valence-electron chi connectivity index (χ4n) is 4.00. The van der Waals surface area contributed by atoms with Crippen molar-refractivity contribution in [2.24, 2.45) is 0 Å². The molecule has 7 heteroatoms. The van der Waals surface area contributed by atoms with Crippen LogP contribution in [0.1, 0.15) is 26.2 Å². The summed E-state index contributed by atoms with van der Waals surface area (Å²) in [5.41, 5.74) is 1.82. The van der Waals surface area contributed by atoms with Crippen LogP contribution in [0.2, 0.25) is 0 Å². The van der Waals surface area contributed by atoms with Gasteiger partial charge >= 0.3 is 0 Å². The number of hydrogen-bond acceptors (Lipinski definition) is 6. The van der Waals surface area contributed by atoms with E-state index in [-0.39, 0.29) is 0 Å². The Hall–Kier alpha value is -2.69. The van der Waals surface area contributed by atoms with Gasteiger partial charge < -0.3 is 29.4 Å². The number of nitrogens with one attached hydrogen (secondary N) is 2. The summed E-state index contributed by atoms with van der Waals surface area (Å²) in [6.07, 6.45) is 6.48. The Morgan fingerprint density at radius 3 is 2.87 bits per heavy atom. The second kappa shape index (κ2) is 9.88. The van der Waals surface area contributed by atoms with E-state index in [0.717, 1.165) is 52.1 Å². The van der Waals surface area contributed by atoms with Crippen molar-refractivity contribution >= 4 is 27.6 Å². The molecule has 2 aromatic heterocycles. The highest BCUT2D eigenvalue weighted by atomic mass is 16.5. The second-order valence-electron chi connectivity index (χ2n) is 7.50. The highest BCUT2D eigenvalue weighted by Crippen LogP contribution is 2.37. The fraction of sp³-hybridized carbons (Fsp3) is 0.522. The number of ether oxygens (including phenoxy) is 3. The number of nitrogens with zero attached hydrogens (tertiary/aromatic N) is 2. The van der Waals surface area contributed by atoms with Gasteiger partial charge in [-0.15, -0.1) is 0 Å². The molecule has 0 amide bonds. The van der Waals surface area contributed by atoms with Gasteiger partial charge in [-0.05, 0) is 51.4 Å². The van der Waals surface area contributed by atoms with Crippen molar-refractivity contribution in [2.45, 2.75) is 26.2 Å². The number of benzene rings is 1. The van der Waals surface area contributed by atoms with E-state index < -0.39 is 0 Å². The third-order valence-electron chi connectivity index (χ3n) is 5.49. The van der Waals surface area contributed by atoms with Crippen LogP contribution < -0.4 is 14.8 Å². The number of fused-ring (bicyclic) bond motifs is 3. The van der Waals surface area contributed by atoms with Crippen LogP contribution in [0.25, 0.3) is 21.8 Å². The van der Waals surface area contributed by atoms with Crippen LogP contribution in [0.3, 0.4) is 0 Å². The maximum Gasteiger partial charge on any atom is 0.163 e. The zero-order valence-corrected chi connectivity index (χ0v) is 17.8. The van der Waals surface area contributed by atoms with Crippen molar-refractivity contribution in [2.75, 3.05) is 58.4 Å². The van der Waals surface area contributed by atoms with E-state index in [1.165, 1.54) is 25.9 Å². The van der Waals surface area contributed by atoms with Crippen LogP contribution in [-0.4, -0.2) is 68.0 Å². The molecule has 1 aliphatic rings. The first-order chi connectivity index (χ1) is 14.8. The lowest BCUT2D eigenvalue weighted by molar-refractivity contribution is 0.158. The first kappa shape index (κ1) is 20.6. The second-order valence-corrected chi connectivity index (χ2v) is 7.50. The molecule has 3 aromatic rings. The van der Waals surface area contributed by atoms with Crippen molar-refractivity contribution in [1.82, 2.24) is 14.9 Å². The maximum atomic E-state index is 6.08. The molecule has 0 atom stereocenters. The lowest BCUT2D eigenvalue weighted by atomic mass is 10.1. The smallest absolute Gasteiger partial charge is 0.163 e. The Kier molecular flexibility index (Phi) is 6.77. The van der Waals surface area contributed by atoms with Gasteiger partial charge in [0.2, 0.25) is 0 Å². The summed E-state index contributed by atoms with van der Waals surface area (Å²) in [6.45, 7) is 8.17. The molecule has 2 N–H and O–H groups in total. The Morgan fingerprint density at radius 2 is 2.07 bits per heavy atom. The molecule has 1 aromatic carbocycles. The van der Waals surface area contributed by atoms with E-state index >= 15 is 0 Å². The maximum absolute atomic E-state index is 6.08. The van der Waals surface area contributed by atoms with Crippen LogP contribution in [0, 0.1) is 12.3 Å². The van der Waals surface area contributed by atoms with Crippen LogP contribution in [-0.2, 0) is 4.74 Å². The summed E-state index contributed by atoms with van der Waals surface area (Å²) in [5, 5.41) is 5.33. The van der Waals surface area contributed by atoms with Crippen LogP contribution in [0.15, 0.2) is 12.1 Å². The minimum absolute atomic E-state index is 0.624. The summed E-state index contributed by atoms with van der Waals surface area (Å²) in [6, 6.07) is 7.08. The Morgan fingerprint density at radius 1 is 1.20 bits per heavy atom. The fourth-order valence-corrected chi connectivity index (χ4v) is 4.00. The normalized spacial score (nSPS) is 14.3. The van der Waals surface area contributed by atoms with E-state index in [9.17, 15) is 0 Å². The molecule has 0 bridgehead atoms. The molecule has 1 saturated heterocycles. The standard InChI is InChI=1S/C23H30N4O3/c1-3-29-14-9-25-23-22-17-15-20(28-2)21(16-19(17)26-18(22)7-8-24-23)30-13-6-12-27-10-4-5-11-27/h15-16,26H,3-6,9-14H2,1-2H3,(H,24,25). The summed E-state index contributed by atoms with van der Waals surface area (Å²) < 4.78 is 17.1. The predicted octanol–water partition coefficient (Wildman–Crippen LogP) is 3.64. The minimum atomic E-state index is 0.624. The first-order valence-electron chi connectivity index (χ1n) is 10.8. The number of methoxy groups -OCH3 is 1. The number of rotatable bonds is 11. The van der Waals surface area contributed by atoms with Crippen molar-refractivity contribution in [1.29, 1.82) is 0 Å². The average molecular weight is 411 g/mol. The van der Waals surface area contributed by atoms with Crippen molar-refractivity contribution in [3.63, 3.8) is 0 Å². The van der Waals surface area contributed by atoms with E-state index in [2.05, 4.69) is 32.4 Å². The third kappa shape index (κ3) is 4.55. The van der Waals surface area contributed by atoms with E-state index in [0.29, 0.717) is 26.4 Å². The Bertz CT molecular complexity index is 966. The van der Waals surface area contributed by atoms with Gasteiger partial charge in [0.05, 0.1) is 31.2 Å². The number of H-pyrrole nitrogens is 1. The Balaban J connectivity index is 1.52. The number of aromatic amines is 1. The first-order valence-corrected chi connectivity index (χ1v) is 10.8. The number of aromatic nitrogens is 2. The van der Waals surface area contributed by atoms with Gasteiger partial charge in [0.15, 0.2) is 11.5 Å². The Labute approximate surface area is 177 Å². The van der Waals surface area contributed by atoms with Crippen LogP contribution in [0.5, 0.6) is 11.5 Å². The molecule has 3 heterocycles. The van der Waals surface area contributed by atoms with Gasteiger partial charge in [-0.1, -0.05) is 0 Å². The molecule has 0 radical (unpaired) electrons. The highest BCUT2D eigenvalue weighted by Gasteiger charge is 2.15. The van der Waals surface area contributed by atoms with Gasteiger partial charge in [-0.3, -0.25) is 0 Å². The van der Waals surface area contributed by atoms with Crippen LogP contribution >= 0.6 is 0 Å². The molecule has 0 saturated carbocycles. The van der Waals surface area contributed by atoms with Gasteiger partial charge in [0.25, 0.3) is 0 Å². The third-order valence-corrected chi connectivity index (χ3v) is 5.49. The number of likely N-dealkylation sites (tertiary alicyclic amines) is 1. The molecule has 1 fully saturated rings. The lowest BCUT2D eigenvalue weighted by Crippen LogP contribution is -2.21. The molecule has 0 aliphatic carbocycles. The van der Waals surface area contributed by atoms with Crippen molar-refractivity contribution < 1.29 is 14.2 Å². The number of hydrogen-bond donors (Lipinski definition) is 2. The minimum Gasteiger partial charge on any atom is -0.493 e. The molecular formula is C23H30N4O3. The average Bonchev–Trinajstić information content (AvgIpc) is 3.41. The molecule has 4 rings (SSSR count). The highest BCUT2D eigenvalue weighted by molar-refractivity contribution is 6.12. The zero-order chi connectivity index (χ0) is 20.8. The van der Waals surface area contributed by atoms with E-state index in [1.54, 1.807) is 7.11 Å². The molecule has 0 unspecified atom stereocenters. The zero-order valence-electron chi connectivity index (χ0n) is 17.8. The summed E-state index contributed by atoms with van der Waals surface area (Å²) >= 11 is 0. The van der Waals surface area contributed by atoms with Gasteiger partial charge in [0.1, 0.15) is 11.3 Å². The van der Waals surface area contributed by atoms with Crippen LogP contribution in [0.4, 0.5) is 5.82 Å². The SMILES string of the molecule is CCOCCNc1nc#cc2[nH]c3cc(OCCCN4CCCC4)c(OC)cc3c12. The topological polar surface area (TPSA) is 71.6 Å². The summed E-state index contributed by atoms with van der Waals surface area (Å²) in [7, 11) is 1.67. The summed E-state index contributed by atoms with van der Waals surface area (Å²) in [5.74, 6) is 2.23. The molecular weight excluding hydrogens is 380 g/mol. The molecule has 30 heavy (non-hydrogen) atoms. The van der Waals surface area contributed by atoms with Gasteiger partial charge in [-0.25, -0.2) is 0 Å². The molecule has 160 valence electrons. The van der Waals surface area contributed by atoms with E-state index in [4.69, 9.17) is 14.2 Å². The number of anilines is 1. The monoisotopic (exact) mass is 410 g/mol. The van der Waals surface area contributed by atoms with Gasteiger partial charge in [-0.2, -0.15) is 4.98 Å². The van der Waals surface area contributed by atoms with Crippen molar-refractivity contribution in [3.8, 4) is 11.5 Å². The van der Waals surface area contributed by atoms with Gasteiger partial charge in [0, 0.05) is 37.3 Å². The molecule has 7 nitrogen and oxygen atoms in total. The largest absolute Gasteiger partial charge is 0.493 e. The molecule has 1 aliphatic heterocycles. The van der Waals surface area contributed by atoms with Crippen molar-refractivity contribution in [3.05, 3.63) is 24.4 Å². The lowest BCUT2D eigenvalue weighted by Gasteiger charge is -2.15. The molecule has 0 spiro atoms. The quantitative estimate of drug-likeness (QED) is 0.470.